The van der Waals surface area contributed by atoms with Crippen molar-refractivity contribution in [1.82, 2.24) is 14.9 Å². The number of thiazole rings is 1. The highest BCUT2D eigenvalue weighted by Gasteiger charge is 2.20. The first-order valence-corrected chi connectivity index (χ1v) is 15.7. The average molecular weight is 617 g/mol. The zero-order valence-electron chi connectivity index (χ0n) is 25.1. The topological polar surface area (TPSA) is 119 Å². The predicted molar refractivity (Wildman–Crippen MR) is 174 cm³/mol. The van der Waals surface area contributed by atoms with E-state index >= 15 is 0 Å². The second kappa shape index (κ2) is 16.0. The van der Waals surface area contributed by atoms with Gasteiger partial charge >= 0.3 is 0 Å². The summed E-state index contributed by atoms with van der Waals surface area (Å²) < 4.78 is 17.4. The number of amidine groups is 1. The molecule has 10 nitrogen and oxygen atoms in total. The molecule has 0 unspecified atom stereocenters. The number of rotatable bonds is 15. The summed E-state index contributed by atoms with van der Waals surface area (Å²) in [5.74, 6) is 1.70. The smallest absolute Gasteiger partial charge is 0.186 e. The Hall–Kier alpha value is -4.19. The maximum Gasteiger partial charge on any atom is 0.186 e. The Morgan fingerprint density at radius 3 is 2.32 bits per heavy atom. The van der Waals surface area contributed by atoms with E-state index in [0.29, 0.717) is 18.8 Å². The maximum absolute atomic E-state index is 8.76. The van der Waals surface area contributed by atoms with E-state index in [-0.39, 0.29) is 5.84 Å². The Balaban J connectivity index is 1.12. The van der Waals surface area contributed by atoms with Gasteiger partial charge in [0, 0.05) is 61.6 Å². The van der Waals surface area contributed by atoms with E-state index in [4.69, 9.17) is 30.1 Å². The van der Waals surface area contributed by atoms with Gasteiger partial charge in [0.1, 0.15) is 11.5 Å². The van der Waals surface area contributed by atoms with Crippen LogP contribution in [0.25, 0.3) is 11.3 Å². The highest BCUT2D eigenvalue weighted by molar-refractivity contribution is 7.16. The van der Waals surface area contributed by atoms with Crippen molar-refractivity contribution < 1.29 is 19.4 Å². The monoisotopic (exact) mass is 616 g/mol. The van der Waals surface area contributed by atoms with Gasteiger partial charge in [-0.3, -0.25) is 9.88 Å². The summed E-state index contributed by atoms with van der Waals surface area (Å²) >= 11 is 1.76. The van der Waals surface area contributed by atoms with Gasteiger partial charge in [-0.15, -0.1) is 0 Å². The van der Waals surface area contributed by atoms with Crippen LogP contribution < -0.4 is 20.1 Å². The van der Waals surface area contributed by atoms with E-state index < -0.39 is 0 Å². The second-order valence-corrected chi connectivity index (χ2v) is 11.7. The van der Waals surface area contributed by atoms with Crippen molar-refractivity contribution in [1.29, 1.82) is 0 Å². The summed E-state index contributed by atoms with van der Waals surface area (Å²) in [7, 11) is 2.08. The molecule has 0 spiro atoms. The molecular formula is C33H40N6O4S. The van der Waals surface area contributed by atoms with Crippen LogP contribution in [0.5, 0.6) is 11.5 Å². The molecule has 0 radical (unpaired) electrons. The SMILES string of the molecule is CN(Cc1cccnc1)c1nc(-c2ccc(OCCCCCOc3ccc(/C(N)=N/O)cc3)cc2)c(CN2CCOCC2)s1. The standard InChI is InChI=1S/C33H40N6O4S/c1-38(23-25-6-5-15-35-22-25)33-36-31(30(44-33)24-39-16-20-41-21-17-39)26-7-11-28(12-8-26)42-18-3-2-4-19-43-29-13-9-27(10-14-29)32(34)37-40/h5-15,22,40H,2-4,16-21,23-24H2,1H3,(H2,34,37). The number of benzene rings is 2. The lowest BCUT2D eigenvalue weighted by Crippen LogP contribution is -2.35. The Morgan fingerprint density at radius 1 is 1.00 bits per heavy atom. The van der Waals surface area contributed by atoms with Crippen LogP contribution in [0.1, 0.15) is 35.3 Å². The van der Waals surface area contributed by atoms with E-state index in [1.807, 2.05) is 36.5 Å². The second-order valence-electron chi connectivity index (χ2n) is 10.7. The van der Waals surface area contributed by atoms with E-state index in [1.165, 1.54) is 4.88 Å². The van der Waals surface area contributed by atoms with Crippen LogP contribution in [0.4, 0.5) is 5.13 Å². The molecule has 3 N–H and O–H groups in total. The molecule has 1 aliphatic rings. The Labute approximate surface area is 262 Å². The third kappa shape index (κ3) is 8.91. The van der Waals surface area contributed by atoms with Crippen LogP contribution >= 0.6 is 11.3 Å². The van der Waals surface area contributed by atoms with Crippen LogP contribution in [0.3, 0.4) is 0 Å². The van der Waals surface area contributed by atoms with E-state index in [2.05, 4.69) is 45.2 Å². The Kier molecular flexibility index (Phi) is 11.4. The third-order valence-electron chi connectivity index (χ3n) is 7.34. The number of oxime groups is 1. The minimum atomic E-state index is 0.0810. The zero-order chi connectivity index (χ0) is 30.6. The fourth-order valence-electron chi connectivity index (χ4n) is 4.88. The lowest BCUT2D eigenvalue weighted by molar-refractivity contribution is 0.0347. The number of anilines is 1. The van der Waals surface area contributed by atoms with E-state index in [9.17, 15) is 0 Å². The molecule has 0 aliphatic carbocycles. The van der Waals surface area contributed by atoms with Crippen molar-refractivity contribution in [2.45, 2.75) is 32.4 Å². The van der Waals surface area contributed by atoms with Crippen molar-refractivity contribution in [3.8, 4) is 22.8 Å². The number of nitrogens with two attached hydrogens (primary N) is 1. The first kappa shape index (κ1) is 31.2. The van der Waals surface area contributed by atoms with Crippen LogP contribution in [0.15, 0.2) is 78.2 Å². The van der Waals surface area contributed by atoms with Crippen molar-refractivity contribution in [3.05, 3.63) is 89.1 Å². The summed E-state index contributed by atoms with van der Waals surface area (Å²) in [6.45, 7) is 6.28. The molecule has 1 aliphatic heterocycles. The van der Waals surface area contributed by atoms with Gasteiger partial charge in [-0.25, -0.2) is 4.98 Å². The molecule has 1 fully saturated rings. The van der Waals surface area contributed by atoms with Gasteiger partial charge in [0.25, 0.3) is 0 Å². The molecule has 232 valence electrons. The highest BCUT2D eigenvalue weighted by atomic mass is 32.1. The predicted octanol–water partition coefficient (Wildman–Crippen LogP) is 5.40. The molecule has 5 rings (SSSR count). The molecule has 2 aromatic heterocycles. The number of pyridine rings is 1. The number of nitrogens with zero attached hydrogens (tertiary/aromatic N) is 5. The summed E-state index contributed by atoms with van der Waals surface area (Å²) in [5, 5.41) is 12.8. The first-order chi connectivity index (χ1) is 21.6. The van der Waals surface area contributed by atoms with E-state index in [1.54, 1.807) is 29.7 Å². The normalized spacial score (nSPS) is 14.0. The fraction of sp³-hybridized carbons (Fsp3) is 0.364. The molecule has 2 aromatic carbocycles. The number of aromatic nitrogens is 2. The minimum Gasteiger partial charge on any atom is -0.494 e. The maximum atomic E-state index is 8.76. The molecule has 1 saturated heterocycles. The zero-order valence-corrected chi connectivity index (χ0v) is 25.9. The van der Waals surface area contributed by atoms with E-state index in [0.717, 1.165) is 92.1 Å². The van der Waals surface area contributed by atoms with Crippen molar-refractivity contribution in [3.63, 3.8) is 0 Å². The lowest BCUT2D eigenvalue weighted by atomic mass is 10.1. The molecule has 0 atom stereocenters. The molecule has 0 bridgehead atoms. The van der Waals surface area contributed by atoms with Gasteiger partial charge < -0.3 is 30.1 Å². The van der Waals surface area contributed by atoms with Gasteiger partial charge in [-0.2, -0.15) is 0 Å². The van der Waals surface area contributed by atoms with Gasteiger partial charge in [0.05, 0.1) is 32.1 Å². The lowest BCUT2D eigenvalue weighted by Gasteiger charge is -2.26. The summed E-state index contributed by atoms with van der Waals surface area (Å²) in [4.78, 5) is 15.3. The van der Waals surface area contributed by atoms with Crippen molar-refractivity contribution in [2.24, 2.45) is 10.9 Å². The average Bonchev–Trinajstić information content (AvgIpc) is 3.49. The molecule has 0 amide bonds. The van der Waals surface area contributed by atoms with Crippen LogP contribution in [0.2, 0.25) is 0 Å². The number of unbranched alkanes of at least 4 members (excludes halogenated alkanes) is 2. The largest absolute Gasteiger partial charge is 0.494 e. The Morgan fingerprint density at radius 2 is 1.68 bits per heavy atom. The highest BCUT2D eigenvalue weighted by Crippen LogP contribution is 2.35. The van der Waals surface area contributed by atoms with Gasteiger partial charge in [0.2, 0.25) is 0 Å². The first-order valence-electron chi connectivity index (χ1n) is 14.9. The fourth-order valence-corrected chi connectivity index (χ4v) is 5.97. The summed E-state index contributed by atoms with van der Waals surface area (Å²) in [5.41, 5.74) is 9.52. The van der Waals surface area contributed by atoms with Crippen molar-refractivity contribution >= 4 is 22.3 Å². The van der Waals surface area contributed by atoms with Gasteiger partial charge in [-0.05, 0) is 79.4 Å². The van der Waals surface area contributed by atoms with Gasteiger partial charge in [-0.1, -0.05) is 22.6 Å². The Bertz CT molecular complexity index is 1460. The molecule has 3 heterocycles. The quantitative estimate of drug-likeness (QED) is 0.0595. The molecule has 11 heteroatoms. The molecular weight excluding hydrogens is 576 g/mol. The third-order valence-corrected chi connectivity index (χ3v) is 8.49. The summed E-state index contributed by atoms with van der Waals surface area (Å²) in [6.07, 6.45) is 6.57. The summed E-state index contributed by atoms with van der Waals surface area (Å²) in [6, 6.07) is 19.5. The number of hydrogen-bond donors (Lipinski definition) is 2. The molecule has 4 aromatic rings. The van der Waals surface area contributed by atoms with Gasteiger partial charge in [0.15, 0.2) is 11.0 Å². The number of ether oxygens (including phenoxy) is 3. The van der Waals surface area contributed by atoms with Crippen LogP contribution in [-0.2, 0) is 17.8 Å². The molecule has 44 heavy (non-hydrogen) atoms. The minimum absolute atomic E-state index is 0.0810. The molecule has 0 saturated carbocycles. The van der Waals surface area contributed by atoms with Crippen molar-refractivity contribution in [2.75, 3.05) is 51.5 Å². The van der Waals surface area contributed by atoms with Crippen LogP contribution in [0, 0.1) is 0 Å². The van der Waals surface area contributed by atoms with Crippen LogP contribution in [-0.4, -0.2) is 72.5 Å². The number of morpholine rings is 1. The number of hydrogen-bond acceptors (Lipinski definition) is 10.